The molecule has 1 amide bonds. The molecule has 1 saturated heterocycles. The summed E-state index contributed by atoms with van der Waals surface area (Å²) >= 11 is 0. The zero-order chi connectivity index (χ0) is 14.7. The lowest BCUT2D eigenvalue weighted by molar-refractivity contribution is -0.130. The van der Waals surface area contributed by atoms with Crippen molar-refractivity contribution >= 4 is 11.9 Å². The highest BCUT2D eigenvalue weighted by Crippen LogP contribution is 2.17. The van der Waals surface area contributed by atoms with Crippen LogP contribution in [0.5, 0.6) is 0 Å². The van der Waals surface area contributed by atoms with Crippen LogP contribution in [0.4, 0.5) is 0 Å². The number of aromatic nitrogens is 1. The van der Waals surface area contributed by atoms with Crippen molar-refractivity contribution in [2.75, 3.05) is 13.1 Å². The molecular weight excluding hydrogens is 256 g/mol. The van der Waals surface area contributed by atoms with Crippen LogP contribution in [-0.2, 0) is 17.8 Å². The number of rotatable bonds is 5. The van der Waals surface area contributed by atoms with E-state index in [1.54, 1.807) is 16.8 Å². The summed E-state index contributed by atoms with van der Waals surface area (Å²) in [4.78, 5) is 25.3. The lowest BCUT2D eigenvalue weighted by Crippen LogP contribution is -2.31. The van der Waals surface area contributed by atoms with Gasteiger partial charge < -0.3 is 14.6 Å². The molecule has 0 radical (unpaired) electrons. The van der Waals surface area contributed by atoms with Crippen molar-refractivity contribution in [1.29, 1.82) is 0 Å². The van der Waals surface area contributed by atoms with E-state index in [1.807, 2.05) is 18.7 Å². The Labute approximate surface area is 119 Å². The number of carbonyl (C=O) groups is 2. The largest absolute Gasteiger partial charge is 0.478 e. The van der Waals surface area contributed by atoms with Gasteiger partial charge in [0.15, 0.2) is 0 Å². The van der Waals surface area contributed by atoms with Crippen LogP contribution in [0.25, 0.3) is 0 Å². The fourth-order valence-electron chi connectivity index (χ4n) is 2.67. The maximum Gasteiger partial charge on any atom is 0.337 e. The molecule has 2 heterocycles. The number of carboxylic acids is 1. The smallest absolute Gasteiger partial charge is 0.337 e. The number of nitrogens with zero attached hydrogens (tertiary/aromatic N) is 2. The molecule has 5 heteroatoms. The molecular formula is C15H22N2O3. The summed E-state index contributed by atoms with van der Waals surface area (Å²) in [7, 11) is 0. The van der Waals surface area contributed by atoms with Gasteiger partial charge in [-0.15, -0.1) is 0 Å². The maximum atomic E-state index is 12.2. The van der Waals surface area contributed by atoms with E-state index in [0.717, 1.165) is 31.6 Å². The minimum Gasteiger partial charge on any atom is -0.478 e. The van der Waals surface area contributed by atoms with E-state index in [-0.39, 0.29) is 12.5 Å². The molecule has 5 nitrogen and oxygen atoms in total. The SMILES string of the molecule is CC(C)Cc1c(C(=O)O)ccn1CC(=O)N1CCCC1. The number of aromatic carboxylic acids is 1. The summed E-state index contributed by atoms with van der Waals surface area (Å²) in [6, 6.07) is 1.59. The second-order valence-corrected chi connectivity index (χ2v) is 5.80. The molecule has 0 atom stereocenters. The van der Waals surface area contributed by atoms with Crippen LogP contribution in [0.2, 0.25) is 0 Å². The van der Waals surface area contributed by atoms with Crippen molar-refractivity contribution in [3.8, 4) is 0 Å². The van der Waals surface area contributed by atoms with Gasteiger partial charge in [-0.25, -0.2) is 4.79 Å². The summed E-state index contributed by atoms with van der Waals surface area (Å²) in [6.45, 7) is 5.99. The lowest BCUT2D eigenvalue weighted by Gasteiger charge is -2.18. The Morgan fingerprint density at radius 2 is 1.95 bits per heavy atom. The molecule has 1 aliphatic heterocycles. The van der Waals surface area contributed by atoms with E-state index in [4.69, 9.17) is 0 Å². The summed E-state index contributed by atoms with van der Waals surface area (Å²) in [6.07, 6.45) is 4.52. The number of likely N-dealkylation sites (tertiary alicyclic amines) is 1. The molecule has 1 fully saturated rings. The summed E-state index contributed by atoms with van der Waals surface area (Å²) in [5, 5.41) is 9.23. The molecule has 1 aliphatic rings. The Morgan fingerprint density at radius 3 is 2.50 bits per heavy atom. The number of hydrogen-bond donors (Lipinski definition) is 1. The van der Waals surface area contributed by atoms with E-state index >= 15 is 0 Å². The highest BCUT2D eigenvalue weighted by molar-refractivity contribution is 5.89. The lowest BCUT2D eigenvalue weighted by atomic mass is 10.0. The zero-order valence-corrected chi connectivity index (χ0v) is 12.1. The minimum absolute atomic E-state index is 0.0834. The molecule has 0 saturated carbocycles. The molecule has 0 spiro atoms. The molecule has 1 N–H and O–H groups in total. The van der Waals surface area contributed by atoms with E-state index in [0.29, 0.717) is 17.9 Å². The first kappa shape index (κ1) is 14.6. The molecule has 0 aliphatic carbocycles. The Hall–Kier alpha value is -1.78. The number of carbonyl (C=O) groups excluding carboxylic acids is 1. The van der Waals surface area contributed by atoms with Gasteiger partial charge in [-0.05, 0) is 31.2 Å². The summed E-state index contributed by atoms with van der Waals surface area (Å²) in [5.41, 5.74) is 1.06. The fraction of sp³-hybridized carbons (Fsp3) is 0.600. The van der Waals surface area contributed by atoms with Gasteiger partial charge in [0.2, 0.25) is 5.91 Å². The van der Waals surface area contributed by atoms with Crippen LogP contribution in [-0.4, -0.2) is 39.5 Å². The van der Waals surface area contributed by atoms with Crippen LogP contribution in [0.3, 0.4) is 0 Å². The van der Waals surface area contributed by atoms with Gasteiger partial charge in [-0.1, -0.05) is 13.8 Å². The Kier molecular flexibility index (Phi) is 4.47. The molecule has 20 heavy (non-hydrogen) atoms. The molecule has 0 bridgehead atoms. The quantitative estimate of drug-likeness (QED) is 0.896. The molecule has 110 valence electrons. The maximum absolute atomic E-state index is 12.2. The number of carboxylic acid groups (broad SMARTS) is 1. The second kappa shape index (κ2) is 6.11. The van der Waals surface area contributed by atoms with Gasteiger partial charge in [0.1, 0.15) is 6.54 Å². The Balaban J connectivity index is 2.17. The number of hydrogen-bond acceptors (Lipinski definition) is 2. The summed E-state index contributed by atoms with van der Waals surface area (Å²) < 4.78 is 1.80. The van der Waals surface area contributed by atoms with E-state index in [1.165, 1.54) is 0 Å². The van der Waals surface area contributed by atoms with E-state index < -0.39 is 5.97 Å². The molecule has 1 aromatic rings. The predicted octanol–water partition coefficient (Wildman–Crippen LogP) is 2.01. The van der Waals surface area contributed by atoms with Gasteiger partial charge >= 0.3 is 5.97 Å². The monoisotopic (exact) mass is 278 g/mol. The highest BCUT2D eigenvalue weighted by Gasteiger charge is 2.21. The van der Waals surface area contributed by atoms with Crippen molar-refractivity contribution in [2.45, 2.75) is 39.7 Å². The average molecular weight is 278 g/mol. The van der Waals surface area contributed by atoms with E-state index in [9.17, 15) is 14.7 Å². The Bertz CT molecular complexity index is 499. The molecule has 0 aromatic carbocycles. The van der Waals surface area contributed by atoms with E-state index in [2.05, 4.69) is 0 Å². The predicted molar refractivity (Wildman–Crippen MR) is 75.7 cm³/mol. The van der Waals surface area contributed by atoms with Crippen LogP contribution in [0.1, 0.15) is 42.7 Å². The zero-order valence-electron chi connectivity index (χ0n) is 12.1. The van der Waals surface area contributed by atoms with Crippen LogP contribution in [0, 0.1) is 5.92 Å². The minimum atomic E-state index is -0.923. The van der Waals surface area contributed by atoms with Crippen molar-refractivity contribution in [3.05, 3.63) is 23.5 Å². The van der Waals surface area contributed by atoms with Crippen molar-refractivity contribution in [1.82, 2.24) is 9.47 Å². The topological polar surface area (TPSA) is 62.5 Å². The van der Waals surface area contributed by atoms with Gasteiger partial charge in [-0.2, -0.15) is 0 Å². The van der Waals surface area contributed by atoms with Crippen LogP contribution < -0.4 is 0 Å². The summed E-state index contributed by atoms with van der Waals surface area (Å²) in [5.74, 6) is -0.489. The van der Waals surface area contributed by atoms with Crippen LogP contribution >= 0.6 is 0 Å². The molecule has 1 aromatic heterocycles. The van der Waals surface area contributed by atoms with Crippen molar-refractivity contribution in [2.24, 2.45) is 5.92 Å². The third-order valence-electron chi connectivity index (χ3n) is 3.68. The average Bonchev–Trinajstić information content (AvgIpc) is 2.99. The first-order chi connectivity index (χ1) is 9.49. The van der Waals surface area contributed by atoms with Crippen molar-refractivity contribution < 1.29 is 14.7 Å². The third kappa shape index (κ3) is 3.21. The van der Waals surface area contributed by atoms with Gasteiger partial charge in [-0.3, -0.25) is 4.79 Å². The number of amides is 1. The second-order valence-electron chi connectivity index (χ2n) is 5.80. The van der Waals surface area contributed by atoms with Crippen molar-refractivity contribution in [3.63, 3.8) is 0 Å². The first-order valence-corrected chi connectivity index (χ1v) is 7.18. The molecule has 0 unspecified atom stereocenters. The fourth-order valence-corrected chi connectivity index (χ4v) is 2.67. The van der Waals surface area contributed by atoms with Gasteiger partial charge in [0.05, 0.1) is 5.56 Å². The Morgan fingerprint density at radius 1 is 1.30 bits per heavy atom. The van der Waals surface area contributed by atoms with Crippen LogP contribution in [0.15, 0.2) is 12.3 Å². The first-order valence-electron chi connectivity index (χ1n) is 7.18. The van der Waals surface area contributed by atoms with Gasteiger partial charge in [0.25, 0.3) is 0 Å². The standard InChI is InChI=1S/C15H22N2O3/c1-11(2)9-13-12(15(19)20)5-8-17(13)10-14(18)16-6-3-4-7-16/h5,8,11H,3-4,6-7,9-10H2,1-2H3,(H,19,20). The highest BCUT2D eigenvalue weighted by atomic mass is 16.4. The molecule has 2 rings (SSSR count). The normalized spacial score (nSPS) is 15.1. The third-order valence-corrected chi connectivity index (χ3v) is 3.68. The van der Waals surface area contributed by atoms with Gasteiger partial charge in [0, 0.05) is 25.0 Å².